The van der Waals surface area contributed by atoms with Crippen molar-refractivity contribution >= 4 is 21.8 Å². The van der Waals surface area contributed by atoms with E-state index in [1.165, 1.54) is 16.6 Å². The summed E-state index contributed by atoms with van der Waals surface area (Å²) >= 11 is 3.43. The van der Waals surface area contributed by atoms with E-state index >= 15 is 0 Å². The summed E-state index contributed by atoms with van der Waals surface area (Å²) in [6.45, 7) is 1.59. The highest BCUT2D eigenvalue weighted by molar-refractivity contribution is 9.10. The van der Waals surface area contributed by atoms with Gasteiger partial charge in [-0.15, -0.1) is 5.10 Å². The number of rotatable bonds is 3. The molecule has 0 spiro atoms. The normalized spacial score (nSPS) is 15.2. The van der Waals surface area contributed by atoms with Gasteiger partial charge in [-0.25, -0.2) is 0 Å². The number of likely N-dealkylation sites (tertiary alicyclic amines) is 1. The molecule has 104 valence electrons. The zero-order chi connectivity index (χ0) is 14.1. The maximum absolute atomic E-state index is 12.1. The summed E-state index contributed by atoms with van der Waals surface area (Å²) in [6.07, 6.45) is 2.53. The van der Waals surface area contributed by atoms with E-state index in [1.807, 2.05) is 4.90 Å². The lowest BCUT2D eigenvalue weighted by atomic mass is 9.92. The smallest absolute Gasteiger partial charge is 0.276 e. The van der Waals surface area contributed by atoms with Crippen LogP contribution in [0, 0.1) is 5.92 Å². The third-order valence-electron chi connectivity index (χ3n) is 3.50. The van der Waals surface area contributed by atoms with Crippen LogP contribution in [0.25, 0.3) is 0 Å². The molecule has 1 aliphatic heterocycles. The van der Waals surface area contributed by atoms with Crippen molar-refractivity contribution in [2.24, 2.45) is 13.0 Å². The molecule has 1 saturated heterocycles. The summed E-state index contributed by atoms with van der Waals surface area (Å²) in [5.74, 6) is 0.516. The molecule has 1 fully saturated rings. The second kappa shape index (κ2) is 5.36. The minimum absolute atomic E-state index is 0.0230. The molecule has 1 aliphatic rings. The molecular weight excluding hydrogens is 320 g/mol. The molecular formula is C14H15BrN4O. The van der Waals surface area contributed by atoms with Crippen molar-refractivity contribution in [3.8, 4) is 0 Å². The standard InChI is InChI=1S/C14H15BrN4O/c1-18-16-7-13(17-18)14(20)19-8-11(9-19)6-10-2-4-12(15)5-3-10/h2-5,7,11H,6,8-9H2,1H3. The van der Waals surface area contributed by atoms with Gasteiger partial charge in [-0.3, -0.25) is 4.79 Å². The summed E-state index contributed by atoms with van der Waals surface area (Å²) in [6, 6.07) is 8.35. The molecule has 1 aromatic heterocycles. The Bertz CT molecular complexity index is 616. The van der Waals surface area contributed by atoms with Crippen LogP contribution >= 0.6 is 15.9 Å². The minimum atomic E-state index is -0.0230. The zero-order valence-electron chi connectivity index (χ0n) is 11.2. The van der Waals surface area contributed by atoms with Gasteiger partial charge < -0.3 is 4.90 Å². The number of carbonyl (C=O) groups is 1. The molecule has 0 aliphatic carbocycles. The van der Waals surface area contributed by atoms with Crippen LogP contribution in [0.2, 0.25) is 0 Å². The quantitative estimate of drug-likeness (QED) is 0.861. The van der Waals surface area contributed by atoms with Gasteiger partial charge in [-0.2, -0.15) is 9.90 Å². The second-order valence-electron chi connectivity index (χ2n) is 5.13. The third kappa shape index (κ3) is 2.75. The van der Waals surface area contributed by atoms with Crippen LogP contribution in [0.5, 0.6) is 0 Å². The van der Waals surface area contributed by atoms with Gasteiger partial charge in [0.05, 0.1) is 6.20 Å². The molecule has 2 aromatic rings. The fourth-order valence-corrected chi connectivity index (χ4v) is 2.69. The van der Waals surface area contributed by atoms with Crippen molar-refractivity contribution in [2.45, 2.75) is 6.42 Å². The first-order chi connectivity index (χ1) is 9.61. The van der Waals surface area contributed by atoms with Gasteiger partial charge >= 0.3 is 0 Å². The summed E-state index contributed by atoms with van der Waals surface area (Å²) in [7, 11) is 1.71. The van der Waals surface area contributed by atoms with E-state index < -0.39 is 0 Å². The molecule has 5 nitrogen and oxygen atoms in total. The molecule has 6 heteroatoms. The Morgan fingerprint density at radius 3 is 2.65 bits per heavy atom. The number of amides is 1. The Balaban J connectivity index is 1.53. The third-order valence-corrected chi connectivity index (χ3v) is 4.03. The molecule has 1 aromatic carbocycles. The fraction of sp³-hybridized carbons (Fsp3) is 0.357. The predicted octanol–water partition coefficient (Wildman–Crippen LogP) is 1.89. The van der Waals surface area contributed by atoms with Gasteiger partial charge in [0.2, 0.25) is 0 Å². The van der Waals surface area contributed by atoms with Crippen LogP contribution in [-0.4, -0.2) is 38.9 Å². The molecule has 0 radical (unpaired) electrons. The first-order valence-electron chi connectivity index (χ1n) is 6.52. The van der Waals surface area contributed by atoms with Gasteiger partial charge in [-0.1, -0.05) is 28.1 Å². The summed E-state index contributed by atoms with van der Waals surface area (Å²) in [5.41, 5.74) is 1.74. The number of hydrogen-bond donors (Lipinski definition) is 0. The number of hydrogen-bond acceptors (Lipinski definition) is 3. The predicted molar refractivity (Wildman–Crippen MR) is 78.2 cm³/mol. The van der Waals surface area contributed by atoms with Crippen molar-refractivity contribution in [1.29, 1.82) is 0 Å². The van der Waals surface area contributed by atoms with Crippen LogP contribution in [0.15, 0.2) is 34.9 Å². The maximum atomic E-state index is 12.1. The first kappa shape index (κ1) is 13.3. The molecule has 0 N–H and O–H groups in total. The number of aromatic nitrogens is 3. The first-order valence-corrected chi connectivity index (χ1v) is 7.31. The minimum Gasteiger partial charge on any atom is -0.336 e. The van der Waals surface area contributed by atoms with Crippen LogP contribution in [0.1, 0.15) is 16.1 Å². The largest absolute Gasteiger partial charge is 0.336 e. The summed E-state index contributed by atoms with van der Waals surface area (Å²) in [5, 5.41) is 7.97. The number of benzene rings is 1. The second-order valence-corrected chi connectivity index (χ2v) is 6.04. The Hall–Kier alpha value is -1.69. The Labute approximate surface area is 125 Å². The molecule has 1 amide bonds. The van der Waals surface area contributed by atoms with Crippen molar-refractivity contribution < 1.29 is 4.79 Å². The number of nitrogens with zero attached hydrogens (tertiary/aromatic N) is 4. The lowest BCUT2D eigenvalue weighted by molar-refractivity contribution is 0.0494. The molecule has 3 rings (SSSR count). The highest BCUT2D eigenvalue weighted by atomic mass is 79.9. The molecule has 0 unspecified atom stereocenters. The summed E-state index contributed by atoms with van der Waals surface area (Å²) in [4.78, 5) is 15.3. The topological polar surface area (TPSA) is 51.0 Å². The monoisotopic (exact) mass is 334 g/mol. The van der Waals surface area contributed by atoms with E-state index in [0.717, 1.165) is 24.0 Å². The Morgan fingerprint density at radius 2 is 2.05 bits per heavy atom. The van der Waals surface area contributed by atoms with Crippen LogP contribution in [0.4, 0.5) is 0 Å². The summed E-state index contributed by atoms with van der Waals surface area (Å²) < 4.78 is 1.09. The van der Waals surface area contributed by atoms with Gasteiger partial charge in [0.25, 0.3) is 5.91 Å². The molecule has 0 bridgehead atoms. The van der Waals surface area contributed by atoms with Crippen LogP contribution in [0.3, 0.4) is 0 Å². The van der Waals surface area contributed by atoms with Gasteiger partial charge in [0.1, 0.15) is 0 Å². The van der Waals surface area contributed by atoms with E-state index in [2.05, 4.69) is 50.4 Å². The van der Waals surface area contributed by atoms with E-state index in [4.69, 9.17) is 0 Å². The highest BCUT2D eigenvalue weighted by Crippen LogP contribution is 2.22. The Kier molecular flexibility index (Phi) is 3.56. The fourth-order valence-electron chi connectivity index (χ4n) is 2.42. The number of carbonyl (C=O) groups excluding carboxylic acids is 1. The van der Waals surface area contributed by atoms with Crippen LogP contribution < -0.4 is 0 Å². The average Bonchev–Trinajstić information content (AvgIpc) is 2.81. The SMILES string of the molecule is Cn1ncc(C(=O)N2CC(Cc3ccc(Br)cc3)C2)n1. The zero-order valence-corrected chi connectivity index (χ0v) is 12.7. The maximum Gasteiger partial charge on any atom is 0.276 e. The van der Waals surface area contributed by atoms with Crippen molar-refractivity contribution in [3.05, 3.63) is 46.2 Å². The van der Waals surface area contributed by atoms with E-state index in [1.54, 1.807) is 7.05 Å². The van der Waals surface area contributed by atoms with Gasteiger partial charge in [-0.05, 0) is 30.0 Å². The molecule has 0 saturated carbocycles. The number of aryl methyl sites for hydroxylation is 1. The van der Waals surface area contributed by atoms with Crippen molar-refractivity contribution in [3.63, 3.8) is 0 Å². The lowest BCUT2D eigenvalue weighted by Gasteiger charge is -2.39. The average molecular weight is 335 g/mol. The number of halogens is 1. The van der Waals surface area contributed by atoms with Gasteiger partial charge in [0, 0.05) is 24.6 Å². The van der Waals surface area contributed by atoms with Crippen LogP contribution in [-0.2, 0) is 13.5 Å². The van der Waals surface area contributed by atoms with Crippen molar-refractivity contribution in [2.75, 3.05) is 13.1 Å². The highest BCUT2D eigenvalue weighted by Gasteiger charge is 2.32. The molecule has 0 atom stereocenters. The lowest BCUT2D eigenvalue weighted by Crippen LogP contribution is -2.50. The Morgan fingerprint density at radius 1 is 1.35 bits per heavy atom. The van der Waals surface area contributed by atoms with Gasteiger partial charge in [0.15, 0.2) is 5.69 Å². The van der Waals surface area contributed by atoms with E-state index in [-0.39, 0.29) is 5.91 Å². The molecule has 2 heterocycles. The van der Waals surface area contributed by atoms with Crippen molar-refractivity contribution in [1.82, 2.24) is 19.9 Å². The van der Waals surface area contributed by atoms with E-state index in [0.29, 0.717) is 11.6 Å². The van der Waals surface area contributed by atoms with E-state index in [9.17, 15) is 4.79 Å². The molecule has 20 heavy (non-hydrogen) atoms.